The first kappa shape index (κ1) is 19.6. The van der Waals surface area contributed by atoms with Crippen molar-refractivity contribution in [3.05, 3.63) is 82.6 Å². The molecule has 0 saturated carbocycles. The lowest BCUT2D eigenvalue weighted by molar-refractivity contribution is -0.124. The summed E-state index contributed by atoms with van der Waals surface area (Å²) in [5, 5.41) is 3.15. The van der Waals surface area contributed by atoms with Crippen molar-refractivity contribution in [3.8, 4) is 11.3 Å². The summed E-state index contributed by atoms with van der Waals surface area (Å²) in [4.78, 5) is 23.6. The van der Waals surface area contributed by atoms with Gasteiger partial charge in [0.1, 0.15) is 11.5 Å². The highest BCUT2D eigenvalue weighted by molar-refractivity contribution is 6.30. The fourth-order valence-corrected chi connectivity index (χ4v) is 2.44. The molecule has 3 rings (SSSR count). The summed E-state index contributed by atoms with van der Waals surface area (Å²) in [6.07, 6.45) is 0. The molecule has 0 aliphatic rings. The van der Waals surface area contributed by atoms with Crippen LogP contribution < -0.4 is 5.32 Å². The summed E-state index contributed by atoms with van der Waals surface area (Å²) in [5.74, 6) is -2.63. The first-order chi connectivity index (χ1) is 13.4. The smallest absolute Gasteiger partial charge is 0.338 e. The Hall–Kier alpha value is -3.19. The molecule has 0 aliphatic carbocycles. The Bertz CT molecular complexity index is 1000. The first-order valence-corrected chi connectivity index (χ1v) is 8.53. The van der Waals surface area contributed by atoms with Crippen LogP contribution in [0.1, 0.15) is 16.1 Å². The zero-order valence-electron chi connectivity index (χ0n) is 14.4. The maximum absolute atomic E-state index is 13.1. The fourth-order valence-electron chi connectivity index (χ4n) is 2.32. The second-order valence-electron chi connectivity index (χ2n) is 5.75. The van der Waals surface area contributed by atoms with E-state index in [4.69, 9.17) is 20.8 Å². The summed E-state index contributed by atoms with van der Waals surface area (Å²) in [7, 11) is 0. The Morgan fingerprint density at radius 3 is 2.46 bits per heavy atom. The predicted molar refractivity (Wildman–Crippen MR) is 97.6 cm³/mol. The number of hydrogen-bond acceptors (Lipinski definition) is 4. The SMILES string of the molecule is O=C(COC(=O)c1ccc(F)c(F)c1)NCc1ccc(-c2ccc(Cl)cc2)o1. The van der Waals surface area contributed by atoms with Crippen molar-refractivity contribution >= 4 is 23.5 Å². The molecule has 1 amide bonds. The van der Waals surface area contributed by atoms with Gasteiger partial charge < -0.3 is 14.5 Å². The highest BCUT2D eigenvalue weighted by Crippen LogP contribution is 2.23. The number of carbonyl (C=O) groups excluding carboxylic acids is 2. The van der Waals surface area contributed by atoms with Crippen molar-refractivity contribution in [2.24, 2.45) is 0 Å². The lowest BCUT2D eigenvalue weighted by Gasteiger charge is -2.06. The Labute approximate surface area is 163 Å². The van der Waals surface area contributed by atoms with Gasteiger partial charge in [-0.15, -0.1) is 0 Å². The summed E-state index contributed by atoms with van der Waals surface area (Å²) in [6, 6.07) is 13.1. The molecule has 0 fully saturated rings. The van der Waals surface area contributed by atoms with Crippen LogP contribution in [0.25, 0.3) is 11.3 Å². The first-order valence-electron chi connectivity index (χ1n) is 8.16. The second-order valence-corrected chi connectivity index (χ2v) is 6.19. The molecule has 0 saturated heterocycles. The van der Waals surface area contributed by atoms with Crippen LogP contribution in [0.2, 0.25) is 5.02 Å². The van der Waals surface area contributed by atoms with E-state index in [2.05, 4.69) is 5.32 Å². The zero-order chi connectivity index (χ0) is 20.1. The Balaban J connectivity index is 1.48. The van der Waals surface area contributed by atoms with Gasteiger partial charge >= 0.3 is 5.97 Å². The topological polar surface area (TPSA) is 68.5 Å². The van der Waals surface area contributed by atoms with Crippen molar-refractivity contribution in [1.29, 1.82) is 0 Å². The quantitative estimate of drug-likeness (QED) is 0.619. The molecule has 0 atom stereocenters. The molecule has 144 valence electrons. The molecule has 8 heteroatoms. The normalized spacial score (nSPS) is 10.5. The molecule has 0 bridgehead atoms. The van der Waals surface area contributed by atoms with Gasteiger partial charge in [0, 0.05) is 10.6 Å². The number of amides is 1. The molecule has 3 aromatic rings. The van der Waals surface area contributed by atoms with Crippen LogP contribution in [0.5, 0.6) is 0 Å². The third-order valence-electron chi connectivity index (χ3n) is 3.74. The third-order valence-corrected chi connectivity index (χ3v) is 3.99. The summed E-state index contributed by atoms with van der Waals surface area (Å²) < 4.78 is 36.4. The average molecular weight is 406 g/mol. The lowest BCUT2D eigenvalue weighted by atomic mass is 10.2. The van der Waals surface area contributed by atoms with E-state index in [9.17, 15) is 18.4 Å². The molecule has 0 aliphatic heterocycles. The Morgan fingerprint density at radius 2 is 1.75 bits per heavy atom. The van der Waals surface area contributed by atoms with E-state index < -0.39 is 30.1 Å². The van der Waals surface area contributed by atoms with E-state index in [1.165, 1.54) is 0 Å². The molecule has 1 N–H and O–H groups in total. The molecule has 5 nitrogen and oxygen atoms in total. The standard InChI is InChI=1S/C20H14ClF2NO4/c21-14-4-1-12(2-5-14)18-8-6-15(28-18)10-24-19(25)11-27-20(26)13-3-7-16(22)17(23)9-13/h1-9H,10-11H2,(H,24,25). The van der Waals surface area contributed by atoms with Gasteiger partial charge in [-0.1, -0.05) is 11.6 Å². The third kappa shape index (κ3) is 4.95. The average Bonchev–Trinajstić information content (AvgIpc) is 3.16. The van der Waals surface area contributed by atoms with Crippen LogP contribution in [0.15, 0.2) is 59.0 Å². The lowest BCUT2D eigenvalue weighted by Crippen LogP contribution is -2.28. The van der Waals surface area contributed by atoms with Gasteiger partial charge in [0.25, 0.3) is 5.91 Å². The molecule has 1 aromatic heterocycles. The minimum absolute atomic E-state index is 0.0924. The van der Waals surface area contributed by atoms with Gasteiger partial charge in [-0.25, -0.2) is 13.6 Å². The highest BCUT2D eigenvalue weighted by atomic mass is 35.5. The van der Waals surface area contributed by atoms with E-state index in [1.807, 2.05) is 0 Å². The number of esters is 1. The van der Waals surface area contributed by atoms with Crippen LogP contribution >= 0.6 is 11.6 Å². The maximum atomic E-state index is 13.1. The van der Waals surface area contributed by atoms with Crippen LogP contribution in [0, 0.1) is 11.6 Å². The summed E-state index contributed by atoms with van der Waals surface area (Å²) in [5.41, 5.74) is 0.646. The summed E-state index contributed by atoms with van der Waals surface area (Å²) >= 11 is 5.85. The van der Waals surface area contributed by atoms with Gasteiger partial charge in [0.15, 0.2) is 18.2 Å². The molecule has 0 radical (unpaired) electrons. The predicted octanol–water partition coefficient (Wildman–Crippen LogP) is 4.35. The number of ether oxygens (including phenoxy) is 1. The minimum atomic E-state index is -1.17. The maximum Gasteiger partial charge on any atom is 0.338 e. The number of furan rings is 1. The molecule has 2 aromatic carbocycles. The van der Waals surface area contributed by atoms with E-state index >= 15 is 0 Å². The number of benzene rings is 2. The van der Waals surface area contributed by atoms with Crippen molar-refractivity contribution in [3.63, 3.8) is 0 Å². The molecule has 0 unspecified atom stereocenters. The number of rotatable bonds is 6. The molecular formula is C20H14ClF2NO4. The van der Waals surface area contributed by atoms with Gasteiger partial charge in [0.05, 0.1) is 12.1 Å². The van der Waals surface area contributed by atoms with E-state index in [-0.39, 0.29) is 12.1 Å². The van der Waals surface area contributed by atoms with Crippen molar-refractivity contribution in [1.82, 2.24) is 5.32 Å². The molecule has 0 spiro atoms. The van der Waals surface area contributed by atoms with E-state index in [1.54, 1.807) is 36.4 Å². The minimum Gasteiger partial charge on any atom is -0.459 e. The molecule has 28 heavy (non-hydrogen) atoms. The van der Waals surface area contributed by atoms with E-state index in [0.29, 0.717) is 22.6 Å². The Morgan fingerprint density at radius 1 is 1.00 bits per heavy atom. The number of halogens is 3. The van der Waals surface area contributed by atoms with E-state index in [0.717, 1.165) is 17.7 Å². The van der Waals surface area contributed by atoms with Crippen molar-refractivity contribution in [2.45, 2.75) is 6.54 Å². The Kier molecular flexibility index (Phi) is 6.06. The number of nitrogens with one attached hydrogen (secondary N) is 1. The fraction of sp³-hybridized carbons (Fsp3) is 0.100. The molecular weight excluding hydrogens is 392 g/mol. The number of hydrogen-bond donors (Lipinski definition) is 1. The molecule has 1 heterocycles. The highest BCUT2D eigenvalue weighted by Gasteiger charge is 2.13. The van der Waals surface area contributed by atoms with Crippen LogP contribution in [-0.2, 0) is 16.1 Å². The van der Waals surface area contributed by atoms with Crippen LogP contribution in [0.3, 0.4) is 0 Å². The van der Waals surface area contributed by atoms with Gasteiger partial charge in [-0.3, -0.25) is 4.79 Å². The van der Waals surface area contributed by atoms with Crippen LogP contribution in [-0.4, -0.2) is 18.5 Å². The van der Waals surface area contributed by atoms with Crippen LogP contribution in [0.4, 0.5) is 8.78 Å². The number of carbonyl (C=O) groups is 2. The largest absolute Gasteiger partial charge is 0.459 e. The van der Waals surface area contributed by atoms with Gasteiger partial charge in [-0.2, -0.15) is 0 Å². The monoisotopic (exact) mass is 405 g/mol. The van der Waals surface area contributed by atoms with Gasteiger partial charge in [0.2, 0.25) is 0 Å². The van der Waals surface area contributed by atoms with Crippen molar-refractivity contribution in [2.75, 3.05) is 6.61 Å². The van der Waals surface area contributed by atoms with Gasteiger partial charge in [-0.05, 0) is 54.6 Å². The van der Waals surface area contributed by atoms with Crippen molar-refractivity contribution < 1.29 is 27.5 Å². The summed E-state index contributed by atoms with van der Waals surface area (Å²) in [6.45, 7) is -0.474. The zero-order valence-corrected chi connectivity index (χ0v) is 15.1. The second kappa shape index (κ2) is 8.67.